The van der Waals surface area contributed by atoms with Crippen LogP contribution < -0.4 is 4.90 Å². The van der Waals surface area contributed by atoms with E-state index in [9.17, 15) is 5.26 Å². The first-order valence-corrected chi connectivity index (χ1v) is 11.6. The van der Waals surface area contributed by atoms with E-state index in [-0.39, 0.29) is 6.04 Å². The Morgan fingerprint density at radius 1 is 0.647 bits per heavy atom. The number of nitriles is 1. The summed E-state index contributed by atoms with van der Waals surface area (Å²) >= 11 is 0. The van der Waals surface area contributed by atoms with Crippen molar-refractivity contribution in [2.45, 2.75) is 12.0 Å². The third-order valence-corrected chi connectivity index (χ3v) is 7.14. The van der Waals surface area contributed by atoms with Crippen LogP contribution in [-0.4, -0.2) is 10.6 Å². The van der Waals surface area contributed by atoms with Crippen molar-refractivity contribution < 1.29 is 0 Å². The Kier molecular flexibility index (Phi) is 4.03. The zero-order valence-corrected chi connectivity index (χ0v) is 18.5. The summed E-state index contributed by atoms with van der Waals surface area (Å²) in [7, 11) is 0. The summed E-state index contributed by atoms with van der Waals surface area (Å²) in [5.74, 6) is 0.308. The molecule has 7 rings (SSSR count). The second-order valence-electron chi connectivity index (χ2n) is 8.90. The average Bonchev–Trinajstić information content (AvgIpc) is 3.41. The molecule has 0 bridgehead atoms. The molecule has 0 fully saturated rings. The molecule has 34 heavy (non-hydrogen) atoms. The van der Waals surface area contributed by atoms with Crippen molar-refractivity contribution in [1.29, 1.82) is 5.26 Å². The number of nitrogens with zero attached hydrogens (tertiary/aromatic N) is 3. The van der Waals surface area contributed by atoms with Gasteiger partial charge in [-0.3, -0.25) is 0 Å². The molecule has 2 unspecified atom stereocenters. The van der Waals surface area contributed by atoms with Crippen LogP contribution in [0, 0.1) is 11.3 Å². The lowest BCUT2D eigenvalue weighted by Crippen LogP contribution is -2.29. The Morgan fingerprint density at radius 2 is 1.32 bits per heavy atom. The van der Waals surface area contributed by atoms with Gasteiger partial charge in [0.05, 0.1) is 40.1 Å². The summed E-state index contributed by atoms with van der Waals surface area (Å²) in [6, 6.07) is 34.4. The molecule has 3 nitrogen and oxygen atoms in total. The molecule has 2 aliphatic rings. The normalized spacial score (nSPS) is 18.3. The largest absolute Gasteiger partial charge is 0.332 e. The standard InChI is InChI=1S/C31H21N3/c32-20-21-17-18-30(33-26-13-5-1-9-22(26)23-10-2-6-14-27(23)33)31(19-21)34-28-15-7-3-11-24(28)25-12-4-8-16-29(25)34/h1-19,22,26H. The fraction of sp³-hybridized carbons (Fsp3) is 0.0645. The van der Waals surface area contributed by atoms with Gasteiger partial charge in [0.15, 0.2) is 0 Å². The Labute approximate surface area is 198 Å². The lowest BCUT2D eigenvalue weighted by atomic mass is 9.91. The second kappa shape index (κ2) is 7.23. The van der Waals surface area contributed by atoms with Crippen molar-refractivity contribution in [1.82, 2.24) is 4.57 Å². The highest BCUT2D eigenvalue weighted by Gasteiger charge is 2.38. The first kappa shape index (κ1) is 19.0. The van der Waals surface area contributed by atoms with Crippen LogP contribution in [0.15, 0.2) is 115 Å². The molecular formula is C31H21N3. The summed E-state index contributed by atoms with van der Waals surface area (Å²) in [6.45, 7) is 0. The lowest BCUT2D eigenvalue weighted by molar-refractivity contribution is 0.743. The topological polar surface area (TPSA) is 32.0 Å². The molecule has 1 aliphatic heterocycles. The highest BCUT2D eigenvalue weighted by atomic mass is 15.2. The summed E-state index contributed by atoms with van der Waals surface area (Å²) in [5, 5.41) is 12.2. The van der Waals surface area contributed by atoms with Crippen LogP contribution in [0.3, 0.4) is 0 Å². The SMILES string of the molecule is N#Cc1ccc(N2c3ccccc3C3C=CC=CC32)c(-n2c3ccccc3c3ccccc32)c1. The van der Waals surface area contributed by atoms with Crippen LogP contribution in [0.4, 0.5) is 11.4 Å². The first-order valence-electron chi connectivity index (χ1n) is 11.6. The van der Waals surface area contributed by atoms with Crippen molar-refractivity contribution in [3.05, 3.63) is 126 Å². The number of rotatable bonds is 2. The average molecular weight is 436 g/mol. The van der Waals surface area contributed by atoms with E-state index in [1.807, 2.05) is 12.1 Å². The first-order chi connectivity index (χ1) is 16.8. The molecule has 5 aromatic rings. The lowest BCUT2D eigenvalue weighted by Gasteiger charge is -2.31. The third kappa shape index (κ3) is 2.57. The zero-order chi connectivity index (χ0) is 22.6. The van der Waals surface area contributed by atoms with Crippen molar-refractivity contribution in [2.24, 2.45) is 0 Å². The van der Waals surface area contributed by atoms with Crippen LogP contribution in [0.5, 0.6) is 0 Å². The maximum atomic E-state index is 9.79. The predicted octanol–water partition coefficient (Wildman–Crippen LogP) is 7.39. The molecule has 2 heterocycles. The Bertz CT molecular complexity index is 1640. The van der Waals surface area contributed by atoms with Crippen LogP contribution >= 0.6 is 0 Å². The smallest absolute Gasteiger partial charge is 0.0992 e. The fourth-order valence-electron chi connectivity index (χ4n) is 5.73. The number of allylic oxidation sites excluding steroid dienone is 2. The van der Waals surface area contributed by atoms with Gasteiger partial charge in [0.1, 0.15) is 0 Å². The number of hydrogen-bond donors (Lipinski definition) is 0. The van der Waals surface area contributed by atoms with E-state index in [4.69, 9.17) is 0 Å². The van der Waals surface area contributed by atoms with Crippen molar-refractivity contribution in [3.63, 3.8) is 0 Å². The molecule has 0 radical (unpaired) electrons. The maximum absolute atomic E-state index is 9.79. The van der Waals surface area contributed by atoms with Gasteiger partial charge in [-0.2, -0.15) is 5.26 Å². The van der Waals surface area contributed by atoms with Crippen molar-refractivity contribution >= 4 is 33.2 Å². The number of benzene rings is 4. The van der Waals surface area contributed by atoms with Gasteiger partial charge in [-0.25, -0.2) is 0 Å². The van der Waals surface area contributed by atoms with Gasteiger partial charge in [0.25, 0.3) is 0 Å². The number of aromatic nitrogens is 1. The van der Waals surface area contributed by atoms with Gasteiger partial charge >= 0.3 is 0 Å². The summed E-state index contributed by atoms with van der Waals surface area (Å²) in [6.07, 6.45) is 8.88. The molecule has 0 N–H and O–H groups in total. The zero-order valence-electron chi connectivity index (χ0n) is 18.5. The molecule has 2 atom stereocenters. The predicted molar refractivity (Wildman–Crippen MR) is 139 cm³/mol. The van der Waals surface area contributed by atoms with E-state index < -0.39 is 0 Å². The molecular weight excluding hydrogens is 414 g/mol. The third-order valence-electron chi connectivity index (χ3n) is 7.14. The Balaban J connectivity index is 1.57. The summed E-state index contributed by atoms with van der Waals surface area (Å²) in [5.41, 5.74) is 7.63. The molecule has 0 saturated carbocycles. The van der Waals surface area contributed by atoms with Gasteiger partial charge in [-0.15, -0.1) is 0 Å². The highest BCUT2D eigenvalue weighted by Crippen LogP contribution is 2.49. The molecule has 0 amide bonds. The maximum Gasteiger partial charge on any atom is 0.0992 e. The molecule has 3 heteroatoms. The fourth-order valence-corrected chi connectivity index (χ4v) is 5.73. The van der Waals surface area contributed by atoms with E-state index in [2.05, 4.69) is 119 Å². The van der Waals surface area contributed by atoms with Gasteiger partial charge < -0.3 is 9.47 Å². The number of fused-ring (bicyclic) bond motifs is 6. The van der Waals surface area contributed by atoms with Crippen LogP contribution in [0.25, 0.3) is 27.5 Å². The van der Waals surface area contributed by atoms with E-state index in [0.717, 1.165) is 22.4 Å². The molecule has 160 valence electrons. The van der Waals surface area contributed by atoms with Crippen molar-refractivity contribution in [3.8, 4) is 11.8 Å². The van der Waals surface area contributed by atoms with Crippen LogP contribution in [-0.2, 0) is 0 Å². The van der Waals surface area contributed by atoms with E-state index in [0.29, 0.717) is 11.5 Å². The van der Waals surface area contributed by atoms with Crippen LogP contribution in [0.1, 0.15) is 17.0 Å². The van der Waals surface area contributed by atoms with E-state index >= 15 is 0 Å². The van der Waals surface area contributed by atoms with E-state index in [1.54, 1.807) is 0 Å². The van der Waals surface area contributed by atoms with Gasteiger partial charge in [0, 0.05) is 22.4 Å². The molecule has 4 aromatic carbocycles. The van der Waals surface area contributed by atoms with Crippen LogP contribution in [0.2, 0.25) is 0 Å². The number of hydrogen-bond acceptors (Lipinski definition) is 2. The quantitative estimate of drug-likeness (QED) is 0.290. The van der Waals surface area contributed by atoms with Crippen molar-refractivity contribution in [2.75, 3.05) is 4.90 Å². The van der Waals surface area contributed by atoms with Gasteiger partial charge in [0.2, 0.25) is 0 Å². The minimum absolute atomic E-state index is 0.196. The number of anilines is 2. The van der Waals surface area contributed by atoms with E-state index in [1.165, 1.54) is 22.0 Å². The molecule has 1 aliphatic carbocycles. The highest BCUT2D eigenvalue weighted by molar-refractivity contribution is 6.09. The molecule has 0 saturated heterocycles. The second-order valence-corrected chi connectivity index (χ2v) is 8.90. The summed E-state index contributed by atoms with van der Waals surface area (Å²) < 4.78 is 2.32. The Morgan fingerprint density at radius 3 is 2.09 bits per heavy atom. The minimum atomic E-state index is 0.196. The van der Waals surface area contributed by atoms with Gasteiger partial charge in [-0.1, -0.05) is 78.9 Å². The monoisotopic (exact) mass is 435 g/mol. The summed E-state index contributed by atoms with van der Waals surface area (Å²) in [4.78, 5) is 2.44. The number of para-hydroxylation sites is 3. The van der Waals surface area contributed by atoms with Gasteiger partial charge in [-0.05, 0) is 42.0 Å². The Hall–Kier alpha value is -4.55. The molecule has 0 spiro atoms. The molecule has 1 aromatic heterocycles. The minimum Gasteiger partial charge on any atom is -0.332 e.